The van der Waals surface area contributed by atoms with E-state index < -0.39 is 12.8 Å². The van der Waals surface area contributed by atoms with Crippen LogP contribution in [0.15, 0.2) is 17.9 Å². The van der Waals surface area contributed by atoms with Crippen LogP contribution in [0.1, 0.15) is 46.1 Å². The summed E-state index contributed by atoms with van der Waals surface area (Å²) in [6.45, 7) is 0.0606. The number of methoxy groups -OCH3 is 2. The molecular formula is C24H27F3N2O4. The largest absolute Gasteiger partial charge is 0.501 e. The van der Waals surface area contributed by atoms with Crippen LogP contribution in [0.25, 0.3) is 6.08 Å². The summed E-state index contributed by atoms with van der Waals surface area (Å²) in [5.74, 6) is 1.34. The molecule has 0 saturated heterocycles. The molecule has 1 aliphatic carbocycles. The number of nitrogens with zero attached hydrogens (tertiary/aromatic N) is 2. The first-order chi connectivity index (χ1) is 15.8. The second-order valence-corrected chi connectivity index (χ2v) is 8.72. The molecule has 0 spiro atoms. The third kappa shape index (κ3) is 3.87. The number of benzene rings is 1. The van der Waals surface area contributed by atoms with Gasteiger partial charge in [0.05, 0.1) is 20.0 Å². The summed E-state index contributed by atoms with van der Waals surface area (Å²) < 4.78 is 56.3. The molecule has 6 nitrogen and oxygen atoms in total. The standard InChI is InChI=1S/C24H27F3N2O4/c1-31-15-3-4-19-17(8-15)18-9-20-16-10-23(33-12-24(25,26)27)22(32-2)7-14(16)5-6-28(20)11-21(18)29(19)13-30/h7-8,10,20,30H,3-6,9,11-13H2,1-2H3. The normalized spacial score (nSPS) is 19.7. The predicted molar refractivity (Wildman–Crippen MR) is 115 cm³/mol. The van der Waals surface area contributed by atoms with E-state index in [-0.39, 0.29) is 18.5 Å². The van der Waals surface area contributed by atoms with E-state index in [1.807, 2.05) is 10.6 Å². The van der Waals surface area contributed by atoms with Crippen molar-refractivity contribution in [3.05, 3.63) is 51.5 Å². The monoisotopic (exact) mass is 464 g/mol. The van der Waals surface area contributed by atoms with Crippen LogP contribution in [0.2, 0.25) is 0 Å². The van der Waals surface area contributed by atoms with Crippen LogP contribution in [0.5, 0.6) is 11.5 Å². The quantitative estimate of drug-likeness (QED) is 0.726. The van der Waals surface area contributed by atoms with Crippen molar-refractivity contribution in [1.82, 2.24) is 9.47 Å². The van der Waals surface area contributed by atoms with Crippen LogP contribution in [0.4, 0.5) is 13.2 Å². The van der Waals surface area contributed by atoms with Crippen molar-refractivity contribution in [2.24, 2.45) is 0 Å². The van der Waals surface area contributed by atoms with Gasteiger partial charge >= 0.3 is 6.18 Å². The average molecular weight is 464 g/mol. The summed E-state index contributed by atoms with van der Waals surface area (Å²) in [6, 6.07) is 3.54. The second kappa shape index (κ2) is 8.29. The van der Waals surface area contributed by atoms with E-state index in [0.717, 1.165) is 59.6 Å². The Kier molecular flexibility index (Phi) is 5.56. The zero-order valence-electron chi connectivity index (χ0n) is 18.7. The van der Waals surface area contributed by atoms with E-state index in [4.69, 9.17) is 14.2 Å². The van der Waals surface area contributed by atoms with Crippen LogP contribution in [-0.4, -0.2) is 48.1 Å². The van der Waals surface area contributed by atoms with Gasteiger partial charge in [-0.25, -0.2) is 0 Å². The van der Waals surface area contributed by atoms with Crippen LogP contribution in [-0.2, 0) is 37.3 Å². The maximum atomic E-state index is 12.8. The zero-order valence-corrected chi connectivity index (χ0v) is 18.7. The first kappa shape index (κ1) is 22.2. The van der Waals surface area contributed by atoms with E-state index >= 15 is 0 Å². The Balaban J connectivity index is 1.55. The lowest BCUT2D eigenvalue weighted by atomic mass is 9.84. The summed E-state index contributed by atoms with van der Waals surface area (Å²) >= 11 is 0. The molecule has 1 N–H and O–H groups in total. The molecule has 0 bridgehead atoms. The van der Waals surface area contributed by atoms with Gasteiger partial charge in [-0.15, -0.1) is 0 Å². The van der Waals surface area contributed by atoms with Crippen LogP contribution < -0.4 is 9.47 Å². The number of ether oxygens (including phenoxy) is 3. The lowest BCUT2D eigenvalue weighted by Crippen LogP contribution is -2.40. The first-order valence-electron chi connectivity index (χ1n) is 11.1. The fraction of sp³-hybridized carbons (Fsp3) is 0.500. The van der Waals surface area contributed by atoms with E-state index in [0.29, 0.717) is 18.7 Å². The van der Waals surface area contributed by atoms with Gasteiger partial charge in [0.15, 0.2) is 18.1 Å². The third-order valence-electron chi connectivity index (χ3n) is 6.99. The Hall–Kier alpha value is -2.65. The zero-order chi connectivity index (χ0) is 23.3. The Morgan fingerprint density at radius 1 is 1.06 bits per heavy atom. The second-order valence-electron chi connectivity index (χ2n) is 8.72. The van der Waals surface area contributed by atoms with Gasteiger partial charge in [0, 0.05) is 42.5 Å². The van der Waals surface area contributed by atoms with Gasteiger partial charge in [0.25, 0.3) is 0 Å². The number of halogens is 3. The number of fused-ring (bicyclic) bond motifs is 6. The molecule has 178 valence electrons. The molecule has 3 heterocycles. The molecular weight excluding hydrogens is 437 g/mol. The highest BCUT2D eigenvalue weighted by atomic mass is 19.4. The molecule has 3 aliphatic rings. The molecule has 9 heteroatoms. The molecule has 2 aromatic rings. The first-order valence-corrected chi connectivity index (χ1v) is 11.1. The van der Waals surface area contributed by atoms with Crippen LogP contribution in [0.3, 0.4) is 0 Å². The Morgan fingerprint density at radius 3 is 2.58 bits per heavy atom. The fourth-order valence-electron chi connectivity index (χ4n) is 5.46. The topological polar surface area (TPSA) is 56.1 Å². The number of aliphatic hydroxyl groups excluding tert-OH is 1. The molecule has 1 unspecified atom stereocenters. The number of aromatic nitrogens is 1. The minimum absolute atomic E-state index is 0.0142. The number of hydrogen-bond acceptors (Lipinski definition) is 5. The predicted octanol–water partition coefficient (Wildman–Crippen LogP) is 3.98. The molecule has 5 rings (SSSR count). The van der Waals surface area contributed by atoms with Gasteiger partial charge < -0.3 is 23.9 Å². The van der Waals surface area contributed by atoms with Gasteiger partial charge in [-0.05, 0) is 54.2 Å². The Morgan fingerprint density at radius 2 is 1.88 bits per heavy atom. The molecule has 0 radical (unpaired) electrons. The third-order valence-corrected chi connectivity index (χ3v) is 6.99. The summed E-state index contributed by atoms with van der Waals surface area (Å²) in [6.07, 6.45) is 0.707. The minimum atomic E-state index is -4.43. The highest BCUT2D eigenvalue weighted by Crippen LogP contribution is 2.45. The number of allylic oxidation sites excluding steroid dienone is 1. The van der Waals surface area contributed by atoms with Crippen molar-refractivity contribution < 1.29 is 32.5 Å². The summed E-state index contributed by atoms with van der Waals surface area (Å²) in [4.78, 5) is 2.34. The van der Waals surface area contributed by atoms with E-state index in [1.165, 1.54) is 12.7 Å². The van der Waals surface area contributed by atoms with E-state index in [1.54, 1.807) is 13.2 Å². The lowest BCUT2D eigenvalue weighted by molar-refractivity contribution is -0.153. The highest BCUT2D eigenvalue weighted by molar-refractivity contribution is 5.64. The molecule has 0 amide bonds. The van der Waals surface area contributed by atoms with Crippen molar-refractivity contribution >= 4 is 6.08 Å². The highest BCUT2D eigenvalue weighted by Gasteiger charge is 2.38. The maximum absolute atomic E-state index is 12.8. The van der Waals surface area contributed by atoms with Crippen molar-refractivity contribution in [2.45, 2.75) is 51.2 Å². The van der Waals surface area contributed by atoms with Crippen LogP contribution >= 0.6 is 0 Å². The van der Waals surface area contributed by atoms with Crippen molar-refractivity contribution in [1.29, 1.82) is 0 Å². The molecule has 2 aliphatic heterocycles. The lowest BCUT2D eigenvalue weighted by Gasteiger charge is -2.41. The number of hydrogen-bond donors (Lipinski definition) is 1. The van der Waals surface area contributed by atoms with E-state index in [9.17, 15) is 18.3 Å². The smallest absolute Gasteiger partial charge is 0.422 e. The fourth-order valence-corrected chi connectivity index (χ4v) is 5.46. The van der Waals surface area contributed by atoms with Gasteiger partial charge in [0.1, 0.15) is 6.73 Å². The number of rotatable bonds is 5. The van der Waals surface area contributed by atoms with E-state index in [2.05, 4.69) is 11.0 Å². The van der Waals surface area contributed by atoms with Crippen molar-refractivity contribution in [2.75, 3.05) is 27.4 Å². The Labute approximate surface area is 190 Å². The molecule has 0 fully saturated rings. The molecule has 1 aromatic heterocycles. The Bertz CT molecular complexity index is 1110. The van der Waals surface area contributed by atoms with Crippen molar-refractivity contribution in [3.8, 4) is 11.5 Å². The summed E-state index contributed by atoms with van der Waals surface area (Å²) in [5.41, 5.74) is 6.55. The number of aliphatic hydroxyl groups is 1. The van der Waals surface area contributed by atoms with Gasteiger partial charge in [-0.3, -0.25) is 4.90 Å². The minimum Gasteiger partial charge on any atom is -0.501 e. The molecule has 1 aromatic carbocycles. The van der Waals surface area contributed by atoms with Gasteiger partial charge in [0.2, 0.25) is 0 Å². The average Bonchev–Trinajstić information content (AvgIpc) is 3.11. The molecule has 0 saturated carbocycles. The molecule has 1 atom stereocenters. The van der Waals surface area contributed by atoms with Crippen LogP contribution in [0, 0.1) is 0 Å². The summed E-state index contributed by atoms with van der Waals surface area (Å²) in [5, 5.41) is 10.1. The summed E-state index contributed by atoms with van der Waals surface area (Å²) in [7, 11) is 3.11. The van der Waals surface area contributed by atoms with Gasteiger partial charge in [-0.1, -0.05) is 0 Å². The maximum Gasteiger partial charge on any atom is 0.422 e. The molecule has 33 heavy (non-hydrogen) atoms. The van der Waals surface area contributed by atoms with Gasteiger partial charge in [-0.2, -0.15) is 13.2 Å². The number of alkyl halides is 3. The van der Waals surface area contributed by atoms with Crippen molar-refractivity contribution in [3.63, 3.8) is 0 Å². The SMILES string of the molecule is COC1=Cc2c3c(n(CO)c2CC1)CN1CCc2cc(OC)c(OCC(F)(F)F)cc2C1C3.